The lowest BCUT2D eigenvalue weighted by Gasteiger charge is -2.35. The second-order valence-electron chi connectivity index (χ2n) is 5.46. The Morgan fingerprint density at radius 2 is 2.00 bits per heavy atom. The van der Waals surface area contributed by atoms with Crippen molar-refractivity contribution in [3.8, 4) is 0 Å². The maximum absolute atomic E-state index is 3.80. The monoisotopic (exact) mass is 274 g/mol. The molecule has 2 rings (SSSR count). The third kappa shape index (κ3) is 3.18. The molecule has 2 aliphatic rings. The summed E-state index contributed by atoms with van der Waals surface area (Å²) in [4.78, 5) is 5.83. The molecule has 3 heteroatoms. The Balaban J connectivity index is 1.75. The van der Waals surface area contributed by atoms with Gasteiger partial charge in [0, 0.05) is 24.5 Å². The SMILES string of the molecule is CC1CCN(CC2CCN(C)C2)CC1Br. The van der Waals surface area contributed by atoms with Crippen molar-refractivity contribution in [2.75, 3.05) is 39.8 Å². The number of rotatable bonds is 2. The van der Waals surface area contributed by atoms with Gasteiger partial charge in [-0.3, -0.25) is 0 Å². The predicted octanol–water partition coefficient (Wildman–Crippen LogP) is 2.04. The molecular weight excluding hydrogens is 252 g/mol. The van der Waals surface area contributed by atoms with Crippen molar-refractivity contribution in [1.29, 1.82) is 0 Å². The van der Waals surface area contributed by atoms with Gasteiger partial charge in [-0.25, -0.2) is 0 Å². The van der Waals surface area contributed by atoms with E-state index in [1.54, 1.807) is 0 Å². The Labute approximate surface area is 102 Å². The number of halogens is 1. The normalized spacial score (nSPS) is 39.8. The van der Waals surface area contributed by atoms with Gasteiger partial charge in [-0.05, 0) is 44.8 Å². The fourth-order valence-corrected chi connectivity index (χ4v) is 3.47. The molecule has 0 saturated carbocycles. The first-order valence-electron chi connectivity index (χ1n) is 6.20. The number of hydrogen-bond donors (Lipinski definition) is 0. The van der Waals surface area contributed by atoms with Crippen molar-refractivity contribution < 1.29 is 0 Å². The molecule has 0 N–H and O–H groups in total. The van der Waals surface area contributed by atoms with Crippen LogP contribution < -0.4 is 0 Å². The molecule has 3 atom stereocenters. The number of likely N-dealkylation sites (tertiary alicyclic amines) is 2. The van der Waals surface area contributed by atoms with E-state index < -0.39 is 0 Å². The van der Waals surface area contributed by atoms with Gasteiger partial charge < -0.3 is 9.80 Å². The molecule has 0 radical (unpaired) electrons. The molecule has 2 heterocycles. The summed E-state index contributed by atoms with van der Waals surface area (Å²) in [6.07, 6.45) is 2.76. The molecule has 88 valence electrons. The predicted molar refractivity (Wildman–Crippen MR) is 68.5 cm³/mol. The Morgan fingerprint density at radius 1 is 1.20 bits per heavy atom. The van der Waals surface area contributed by atoms with Crippen LogP contribution >= 0.6 is 15.9 Å². The van der Waals surface area contributed by atoms with Gasteiger partial charge in [-0.2, -0.15) is 0 Å². The molecule has 0 bridgehead atoms. The number of nitrogens with zero attached hydrogens (tertiary/aromatic N) is 2. The molecule has 2 saturated heterocycles. The van der Waals surface area contributed by atoms with Gasteiger partial charge in [-0.15, -0.1) is 0 Å². The lowest BCUT2D eigenvalue weighted by atomic mass is 9.97. The third-order valence-corrected chi connectivity index (χ3v) is 5.15. The Morgan fingerprint density at radius 3 is 2.60 bits per heavy atom. The first kappa shape index (κ1) is 11.9. The van der Waals surface area contributed by atoms with Gasteiger partial charge >= 0.3 is 0 Å². The van der Waals surface area contributed by atoms with Gasteiger partial charge in [0.05, 0.1) is 0 Å². The number of hydrogen-bond acceptors (Lipinski definition) is 2. The fourth-order valence-electron chi connectivity index (χ4n) is 2.79. The molecule has 0 aromatic heterocycles. The molecular formula is C12H23BrN2. The fraction of sp³-hybridized carbons (Fsp3) is 1.00. The quantitative estimate of drug-likeness (QED) is 0.712. The highest BCUT2D eigenvalue weighted by atomic mass is 79.9. The Hall–Kier alpha value is 0.400. The Kier molecular flexibility index (Phi) is 4.08. The second kappa shape index (κ2) is 5.15. The smallest absolute Gasteiger partial charge is 0.0299 e. The molecule has 2 fully saturated rings. The van der Waals surface area contributed by atoms with Crippen molar-refractivity contribution in [2.45, 2.75) is 24.6 Å². The van der Waals surface area contributed by atoms with Crippen LogP contribution in [0.25, 0.3) is 0 Å². The lowest BCUT2D eigenvalue weighted by Crippen LogP contribution is -2.42. The second-order valence-corrected chi connectivity index (χ2v) is 6.63. The van der Waals surface area contributed by atoms with E-state index >= 15 is 0 Å². The first-order valence-corrected chi connectivity index (χ1v) is 7.11. The average molecular weight is 275 g/mol. The van der Waals surface area contributed by atoms with Gasteiger partial charge in [0.1, 0.15) is 0 Å². The Bertz CT molecular complexity index is 210. The minimum absolute atomic E-state index is 0.713. The summed E-state index contributed by atoms with van der Waals surface area (Å²) < 4.78 is 0. The summed E-state index contributed by atoms with van der Waals surface area (Å²) in [6.45, 7) is 8.84. The van der Waals surface area contributed by atoms with E-state index in [1.807, 2.05) is 0 Å². The van der Waals surface area contributed by atoms with Crippen LogP contribution in [0.15, 0.2) is 0 Å². The molecule has 0 spiro atoms. The van der Waals surface area contributed by atoms with E-state index in [9.17, 15) is 0 Å². The minimum Gasteiger partial charge on any atom is -0.306 e. The van der Waals surface area contributed by atoms with Crippen LogP contribution in [0.3, 0.4) is 0 Å². The molecule has 0 aromatic carbocycles. The summed E-state index contributed by atoms with van der Waals surface area (Å²) in [5.41, 5.74) is 0. The van der Waals surface area contributed by atoms with Gasteiger partial charge in [-0.1, -0.05) is 22.9 Å². The molecule has 2 nitrogen and oxygen atoms in total. The van der Waals surface area contributed by atoms with E-state index in [2.05, 4.69) is 39.7 Å². The summed E-state index contributed by atoms with van der Waals surface area (Å²) in [5, 5.41) is 0. The highest BCUT2D eigenvalue weighted by molar-refractivity contribution is 9.09. The van der Waals surface area contributed by atoms with Gasteiger partial charge in [0.15, 0.2) is 0 Å². The molecule has 15 heavy (non-hydrogen) atoms. The van der Waals surface area contributed by atoms with Crippen molar-refractivity contribution in [3.05, 3.63) is 0 Å². The number of piperidine rings is 1. The first-order chi connectivity index (χ1) is 7.15. The van der Waals surface area contributed by atoms with Gasteiger partial charge in [0.25, 0.3) is 0 Å². The van der Waals surface area contributed by atoms with Crippen molar-refractivity contribution in [2.24, 2.45) is 11.8 Å². The van der Waals surface area contributed by atoms with Crippen molar-refractivity contribution in [3.63, 3.8) is 0 Å². The molecule has 0 aliphatic carbocycles. The molecule has 2 aliphatic heterocycles. The summed E-state index contributed by atoms with van der Waals surface area (Å²) in [6, 6.07) is 0. The van der Waals surface area contributed by atoms with Crippen LogP contribution in [-0.2, 0) is 0 Å². The maximum atomic E-state index is 3.80. The number of alkyl halides is 1. The van der Waals surface area contributed by atoms with E-state index in [-0.39, 0.29) is 0 Å². The topological polar surface area (TPSA) is 6.48 Å². The highest BCUT2D eigenvalue weighted by Gasteiger charge is 2.27. The molecule has 3 unspecified atom stereocenters. The van der Waals surface area contributed by atoms with E-state index in [1.165, 1.54) is 45.6 Å². The lowest BCUT2D eigenvalue weighted by molar-refractivity contribution is 0.175. The van der Waals surface area contributed by atoms with Crippen LogP contribution in [0.4, 0.5) is 0 Å². The van der Waals surface area contributed by atoms with Crippen LogP contribution in [0.2, 0.25) is 0 Å². The van der Waals surface area contributed by atoms with Crippen LogP contribution in [-0.4, -0.2) is 54.4 Å². The summed E-state index contributed by atoms with van der Waals surface area (Å²) >= 11 is 3.80. The summed E-state index contributed by atoms with van der Waals surface area (Å²) in [5.74, 6) is 1.77. The van der Waals surface area contributed by atoms with Crippen LogP contribution in [0.1, 0.15) is 19.8 Å². The highest BCUT2D eigenvalue weighted by Crippen LogP contribution is 2.25. The van der Waals surface area contributed by atoms with Crippen molar-refractivity contribution >= 4 is 15.9 Å². The molecule has 0 amide bonds. The molecule has 0 aromatic rings. The van der Waals surface area contributed by atoms with Crippen LogP contribution in [0.5, 0.6) is 0 Å². The third-order valence-electron chi connectivity index (χ3n) is 3.96. The average Bonchev–Trinajstić information content (AvgIpc) is 2.58. The zero-order chi connectivity index (χ0) is 10.8. The minimum atomic E-state index is 0.713. The zero-order valence-electron chi connectivity index (χ0n) is 9.95. The largest absolute Gasteiger partial charge is 0.306 e. The van der Waals surface area contributed by atoms with Gasteiger partial charge in [0.2, 0.25) is 0 Å². The summed E-state index contributed by atoms with van der Waals surface area (Å²) in [7, 11) is 2.24. The van der Waals surface area contributed by atoms with E-state index in [0.717, 1.165) is 11.8 Å². The van der Waals surface area contributed by atoms with Crippen molar-refractivity contribution in [1.82, 2.24) is 9.80 Å². The van der Waals surface area contributed by atoms with E-state index in [4.69, 9.17) is 0 Å². The zero-order valence-corrected chi connectivity index (χ0v) is 11.5. The van der Waals surface area contributed by atoms with Crippen LogP contribution in [0, 0.1) is 11.8 Å². The standard InChI is InChI=1S/C12H23BrN2/c1-10-3-6-15(9-12(10)13)8-11-4-5-14(2)7-11/h10-12H,3-9H2,1-2H3. The maximum Gasteiger partial charge on any atom is 0.0299 e. The van der Waals surface area contributed by atoms with E-state index in [0.29, 0.717) is 4.83 Å².